The molecule has 0 amide bonds. The minimum Gasteiger partial charge on any atom is -0.790 e. The van der Waals surface area contributed by atoms with Crippen molar-refractivity contribution >= 4 is 33.3 Å². The molecule has 0 aliphatic heterocycles. The molecule has 0 aromatic rings. The van der Waals surface area contributed by atoms with Crippen molar-refractivity contribution in [2.45, 2.75) is 103 Å². The molecule has 0 aromatic heterocycles. The second kappa shape index (κ2) is 37.8. The van der Waals surface area contributed by atoms with Crippen LogP contribution in [0.3, 0.4) is 0 Å². The smallest absolute Gasteiger partial charge is 0.790 e. The number of esters is 2. The van der Waals surface area contributed by atoms with Gasteiger partial charge in [-0.15, -0.1) is 6.42 Å². The number of ether oxygens (including phenoxy) is 2. The molecule has 1 atom stereocenters. The van der Waals surface area contributed by atoms with E-state index in [4.69, 9.17) is 15.9 Å². The van der Waals surface area contributed by atoms with E-state index in [0.29, 0.717) is 6.42 Å². The van der Waals surface area contributed by atoms with Crippen LogP contribution in [0, 0.1) is 83.4 Å². The van der Waals surface area contributed by atoms with Crippen LogP contribution in [0.15, 0.2) is 0 Å². The number of carbonyl (C=O) groups is 2. The number of carbonyl (C=O) groups excluding carboxylic acids is 2. The Morgan fingerprint density at radius 1 is 0.696 bits per heavy atom. The molecule has 0 saturated carbocycles. The topological polar surface area (TPSA) is 125 Å². The number of terminal acetylenes is 1. The maximum absolute atomic E-state index is 12.2. The molecule has 0 fully saturated rings. The second-order valence-corrected chi connectivity index (χ2v) is 10.2. The van der Waals surface area contributed by atoms with Crippen molar-refractivity contribution in [1.29, 1.82) is 0 Å². The van der Waals surface area contributed by atoms with Gasteiger partial charge in [-0.3, -0.25) is 4.79 Å². The molecule has 46 heavy (non-hydrogen) atoms. The summed E-state index contributed by atoms with van der Waals surface area (Å²) in [5, 5.41) is 0. The molecule has 0 heterocycles. The fourth-order valence-corrected chi connectivity index (χ4v) is 3.78. The summed E-state index contributed by atoms with van der Waals surface area (Å²) >= 11 is 0. The Kier molecular flexibility index (Phi) is 42.0. The van der Waals surface area contributed by atoms with E-state index in [1.54, 1.807) is 0 Å². The van der Waals surface area contributed by atoms with Crippen LogP contribution >= 0.6 is 21.3 Å². The molecule has 0 bridgehead atoms. The average molecular weight is 711 g/mol. The van der Waals surface area contributed by atoms with Crippen molar-refractivity contribution in [1.82, 2.24) is 0 Å². The van der Waals surface area contributed by atoms with E-state index in [2.05, 4.69) is 88.4 Å². The minimum atomic E-state index is -5.32. The number of hydrogen-bond acceptors (Lipinski definition) is 8. The SMILES string of the molecule is C#CC#CC#CC#CC#CC#CC#CC(=O)OC[C@@H](COP(=O)([O-])[O-])OC(=O)CCCCCCCCCCCCCCC.S.[HH].[HH].[HH].[HH].[HH].[HH].[HH].[HH].[HH].[HH].[HH].[HH].[HH].[Na+].[Na+]. The monoisotopic (exact) mass is 710 g/mol. The van der Waals surface area contributed by atoms with Crippen LogP contribution in [0.1, 0.15) is 115 Å². The maximum Gasteiger partial charge on any atom is 1.00 e. The van der Waals surface area contributed by atoms with E-state index in [1.807, 2.05) is 0 Å². The average Bonchev–Trinajstić information content (AvgIpc) is 2.97. The van der Waals surface area contributed by atoms with Gasteiger partial charge in [0.05, 0.1) is 14.4 Å². The molecule has 12 heteroatoms. The van der Waals surface area contributed by atoms with Crippen LogP contribution in [0.2, 0.25) is 0 Å². The molecule has 8 nitrogen and oxygen atoms in total. The Morgan fingerprint density at radius 3 is 1.54 bits per heavy atom. The molecule has 262 valence electrons. The zero-order valence-electron chi connectivity index (χ0n) is 27.2. The fourth-order valence-electron chi connectivity index (χ4n) is 3.43. The van der Waals surface area contributed by atoms with Crippen LogP contribution in [-0.2, 0) is 28.2 Å². The molecule has 0 aliphatic rings. The van der Waals surface area contributed by atoms with Crippen LogP contribution in [-0.4, -0.2) is 31.3 Å². The summed E-state index contributed by atoms with van der Waals surface area (Å²) in [6.45, 7) is 0.871. The molecule has 0 saturated heterocycles. The Hall–Kier alpha value is -1.68. The second-order valence-electron chi connectivity index (χ2n) is 9.09. The number of rotatable bonds is 20. The van der Waals surface area contributed by atoms with Crippen molar-refractivity contribution < 1.29 is 116 Å². The Balaban J connectivity index is -0.0000000735. The van der Waals surface area contributed by atoms with Crippen LogP contribution < -0.4 is 68.9 Å². The van der Waals surface area contributed by atoms with Gasteiger partial charge in [0, 0.05) is 30.9 Å². The molecule has 0 radical (unpaired) electrons. The molecule has 0 aromatic carbocycles. The summed E-state index contributed by atoms with van der Waals surface area (Å²) in [5.41, 5.74) is 0. The number of phosphoric ester groups is 1. The molecule has 0 aliphatic carbocycles. The maximum atomic E-state index is 12.2. The van der Waals surface area contributed by atoms with E-state index in [0.717, 1.165) is 19.3 Å². The standard InChI is InChI=1S/C34H39O8P.2Na.H2S.13H2/c1-3-5-7-9-11-13-15-17-19-21-23-25-27-29-34(36)42-32(31-41-43(37,38)39)30-40-33(35)28-26-24-22-20-18-16-14-12-10-8-6-4-2;;;;;;;;;;;;;;;;/h2,32H,3,5,7,9,11,13,15,17,19,21,23,25,27,29-31H2,1H3,(H2,37,38,39);;;1H2;13*1H/q;2*+1;;;;;;;;;;;;;;/p-2/t32-;;;;;;;;;;;;;;;;/m0................/s1. The fraction of sp³-hybridized carbons (Fsp3) is 0.529. The predicted octanol–water partition coefficient (Wildman–Crippen LogP) is 0.740. The number of unbranched alkanes of at least 4 members (excludes halogenated alkanes) is 12. The van der Waals surface area contributed by atoms with Crippen LogP contribution in [0.5, 0.6) is 0 Å². The van der Waals surface area contributed by atoms with Gasteiger partial charge in [0.2, 0.25) is 0 Å². The first-order valence-electron chi connectivity index (χ1n) is 14.3. The molecular formula is C34H65Na2O8PS. The Morgan fingerprint density at radius 2 is 1.11 bits per heavy atom. The normalized spacial score (nSPS) is 9.26. The van der Waals surface area contributed by atoms with Gasteiger partial charge in [0.15, 0.2) is 6.10 Å². The van der Waals surface area contributed by atoms with Crippen molar-refractivity contribution in [2.24, 2.45) is 0 Å². The van der Waals surface area contributed by atoms with Gasteiger partial charge >= 0.3 is 71.1 Å². The van der Waals surface area contributed by atoms with E-state index >= 15 is 0 Å². The molecular weight excluding hydrogens is 645 g/mol. The Bertz CT molecular complexity index is 1380. The van der Waals surface area contributed by atoms with Crippen molar-refractivity contribution in [3.05, 3.63) is 0 Å². The summed E-state index contributed by atoms with van der Waals surface area (Å²) < 4.78 is 25.0. The summed E-state index contributed by atoms with van der Waals surface area (Å²) in [6, 6.07) is 0. The third kappa shape index (κ3) is 40.3. The quantitative estimate of drug-likeness (QED) is 0.0453. The van der Waals surface area contributed by atoms with Crippen LogP contribution in [0.4, 0.5) is 0 Å². The number of phosphoric acid groups is 1. The van der Waals surface area contributed by atoms with Gasteiger partial charge in [-0.05, 0) is 77.5 Å². The zero-order valence-corrected chi connectivity index (χ0v) is 33.1. The summed E-state index contributed by atoms with van der Waals surface area (Å²) in [4.78, 5) is 45.7. The first-order valence-corrected chi connectivity index (χ1v) is 15.7. The summed E-state index contributed by atoms with van der Waals surface area (Å²) in [5.74, 6) is 28.4. The molecule has 0 spiro atoms. The van der Waals surface area contributed by atoms with Gasteiger partial charge in [0.25, 0.3) is 0 Å². The van der Waals surface area contributed by atoms with Gasteiger partial charge in [-0.25, -0.2) is 4.79 Å². The van der Waals surface area contributed by atoms with Gasteiger partial charge in [0.1, 0.15) is 6.61 Å². The zero-order chi connectivity index (χ0) is 31.9. The minimum absolute atomic E-state index is 0. The molecule has 0 unspecified atom stereocenters. The largest absolute Gasteiger partial charge is 1.00 e. The van der Waals surface area contributed by atoms with Gasteiger partial charge < -0.3 is 28.3 Å². The van der Waals surface area contributed by atoms with E-state index < -0.39 is 39.1 Å². The predicted molar refractivity (Wildman–Crippen MR) is 198 cm³/mol. The van der Waals surface area contributed by atoms with Crippen LogP contribution in [0.25, 0.3) is 0 Å². The van der Waals surface area contributed by atoms with Crippen molar-refractivity contribution in [3.8, 4) is 83.4 Å². The summed E-state index contributed by atoms with van der Waals surface area (Å²) in [7, 11) is -5.32. The van der Waals surface area contributed by atoms with E-state index in [1.165, 1.54) is 57.8 Å². The first kappa shape index (κ1) is 51.2. The summed E-state index contributed by atoms with van der Waals surface area (Å²) in [6.07, 6.45) is 18.8. The van der Waals surface area contributed by atoms with Crippen molar-refractivity contribution in [3.63, 3.8) is 0 Å². The number of hydrogen-bond donors (Lipinski definition) is 0. The third-order valence-electron chi connectivity index (χ3n) is 5.46. The first-order chi connectivity index (χ1) is 20.8. The van der Waals surface area contributed by atoms with E-state index in [-0.39, 0.29) is 97.6 Å². The third-order valence-corrected chi connectivity index (χ3v) is 5.93. The van der Waals surface area contributed by atoms with Gasteiger partial charge in [-0.1, -0.05) is 84.0 Å². The van der Waals surface area contributed by atoms with Gasteiger partial charge in [-0.2, -0.15) is 13.5 Å². The van der Waals surface area contributed by atoms with Crippen molar-refractivity contribution in [2.75, 3.05) is 13.2 Å². The Labute approximate surface area is 346 Å². The molecule has 0 rings (SSSR count). The molecule has 0 N–H and O–H groups in total. The van der Waals surface area contributed by atoms with E-state index in [9.17, 15) is 23.9 Å².